The van der Waals surface area contributed by atoms with Gasteiger partial charge in [0.05, 0.1) is 0 Å². The third kappa shape index (κ3) is 15.7. The van der Waals surface area contributed by atoms with E-state index in [1.807, 2.05) is 0 Å². The molecule has 0 spiro atoms. The van der Waals surface area contributed by atoms with Crippen LogP contribution in [0.1, 0.15) is 136 Å². The second-order valence-electron chi connectivity index (χ2n) is 8.35. The minimum absolute atomic E-state index is 0.222. The van der Waals surface area contributed by atoms with Crippen LogP contribution in [-0.2, 0) is 4.79 Å². The van der Waals surface area contributed by atoms with Gasteiger partial charge in [-0.25, -0.2) is 0 Å². The molecule has 0 aromatic heterocycles. The van der Waals surface area contributed by atoms with E-state index in [4.69, 9.17) is 0 Å². The standard InChI is InChI=1S/C24H48O2/c1-4-7-9-10-11-12-13-14-15-16-17-18-20-23(24(25)26)21-22(6-3)19-8-5-2/h22-23H,4-21H2,1-3H3,(H,25,26)/p-1. The van der Waals surface area contributed by atoms with Crippen molar-refractivity contribution >= 4 is 5.97 Å². The zero-order valence-corrected chi connectivity index (χ0v) is 18.2. The summed E-state index contributed by atoms with van der Waals surface area (Å²) >= 11 is 0. The van der Waals surface area contributed by atoms with E-state index in [2.05, 4.69) is 20.8 Å². The Labute approximate surface area is 164 Å². The van der Waals surface area contributed by atoms with Crippen molar-refractivity contribution in [2.45, 2.75) is 136 Å². The van der Waals surface area contributed by atoms with Crippen molar-refractivity contribution in [3.8, 4) is 0 Å². The Bertz CT molecular complexity index is 301. The van der Waals surface area contributed by atoms with Gasteiger partial charge in [-0.3, -0.25) is 0 Å². The molecule has 2 heteroatoms. The number of hydrogen-bond donors (Lipinski definition) is 0. The first-order chi connectivity index (χ1) is 12.7. The van der Waals surface area contributed by atoms with E-state index in [-0.39, 0.29) is 5.92 Å². The molecule has 156 valence electrons. The van der Waals surface area contributed by atoms with Crippen molar-refractivity contribution in [1.82, 2.24) is 0 Å². The molecule has 0 heterocycles. The molecule has 2 atom stereocenters. The Morgan fingerprint density at radius 2 is 1.12 bits per heavy atom. The van der Waals surface area contributed by atoms with Gasteiger partial charge in [-0.1, -0.05) is 124 Å². The monoisotopic (exact) mass is 367 g/mol. The number of carboxylic acid groups (broad SMARTS) is 1. The Morgan fingerprint density at radius 1 is 0.654 bits per heavy atom. The quantitative estimate of drug-likeness (QED) is 0.216. The Morgan fingerprint density at radius 3 is 1.54 bits per heavy atom. The summed E-state index contributed by atoms with van der Waals surface area (Å²) in [5.74, 6) is -0.474. The predicted octanol–water partition coefficient (Wildman–Crippen LogP) is 7.05. The number of hydrogen-bond acceptors (Lipinski definition) is 2. The SMILES string of the molecule is CCCCCCCCCCCCCCC(CC(CC)CCCC)C(=O)[O-]. The summed E-state index contributed by atoms with van der Waals surface area (Å²) in [4.78, 5) is 11.4. The molecule has 0 saturated heterocycles. The second kappa shape index (κ2) is 19.2. The summed E-state index contributed by atoms with van der Waals surface area (Å²) < 4.78 is 0. The van der Waals surface area contributed by atoms with Crippen molar-refractivity contribution in [3.63, 3.8) is 0 Å². The maximum atomic E-state index is 11.4. The molecule has 0 fully saturated rings. The van der Waals surface area contributed by atoms with Crippen molar-refractivity contribution in [3.05, 3.63) is 0 Å². The molecular weight excluding hydrogens is 320 g/mol. The number of unbranched alkanes of at least 4 members (excludes halogenated alkanes) is 12. The van der Waals surface area contributed by atoms with E-state index in [1.165, 1.54) is 89.9 Å². The van der Waals surface area contributed by atoms with Crippen molar-refractivity contribution in [1.29, 1.82) is 0 Å². The van der Waals surface area contributed by atoms with Crippen molar-refractivity contribution in [2.24, 2.45) is 11.8 Å². The van der Waals surface area contributed by atoms with E-state index in [9.17, 15) is 9.90 Å². The van der Waals surface area contributed by atoms with Gasteiger partial charge >= 0.3 is 0 Å². The van der Waals surface area contributed by atoms with E-state index in [0.717, 1.165) is 25.7 Å². The van der Waals surface area contributed by atoms with Gasteiger partial charge < -0.3 is 9.90 Å². The van der Waals surface area contributed by atoms with Crippen LogP contribution >= 0.6 is 0 Å². The highest BCUT2D eigenvalue weighted by Gasteiger charge is 2.16. The van der Waals surface area contributed by atoms with Gasteiger partial charge in [0.25, 0.3) is 0 Å². The maximum Gasteiger partial charge on any atom is 0.0445 e. The van der Waals surface area contributed by atoms with Crippen LogP contribution in [-0.4, -0.2) is 5.97 Å². The highest BCUT2D eigenvalue weighted by molar-refractivity contribution is 5.67. The van der Waals surface area contributed by atoms with Gasteiger partial charge in [0.1, 0.15) is 0 Å². The van der Waals surface area contributed by atoms with Crippen LogP contribution in [0.25, 0.3) is 0 Å². The molecule has 0 amide bonds. The molecule has 0 aromatic carbocycles. The molecule has 0 aliphatic carbocycles. The number of carbonyl (C=O) groups is 1. The summed E-state index contributed by atoms with van der Waals surface area (Å²) in [5, 5.41) is 11.4. The Hall–Kier alpha value is -0.530. The van der Waals surface area contributed by atoms with Crippen LogP contribution in [0.15, 0.2) is 0 Å². The van der Waals surface area contributed by atoms with Crippen LogP contribution in [0.4, 0.5) is 0 Å². The first kappa shape index (κ1) is 25.5. The van der Waals surface area contributed by atoms with Crippen molar-refractivity contribution in [2.75, 3.05) is 0 Å². The van der Waals surface area contributed by atoms with E-state index in [1.54, 1.807) is 0 Å². The van der Waals surface area contributed by atoms with Gasteiger partial charge in [-0.2, -0.15) is 0 Å². The summed E-state index contributed by atoms with van der Waals surface area (Å²) in [7, 11) is 0. The fourth-order valence-corrected chi connectivity index (χ4v) is 3.95. The molecule has 0 N–H and O–H groups in total. The Balaban J connectivity index is 3.64. The van der Waals surface area contributed by atoms with Gasteiger partial charge in [0, 0.05) is 5.97 Å². The topological polar surface area (TPSA) is 40.1 Å². The van der Waals surface area contributed by atoms with Crippen LogP contribution in [0.3, 0.4) is 0 Å². The second-order valence-corrected chi connectivity index (χ2v) is 8.35. The first-order valence-corrected chi connectivity index (χ1v) is 11.9. The number of carbonyl (C=O) groups excluding carboxylic acids is 1. The number of aliphatic carboxylic acids is 1. The molecular formula is C24H47O2-. The first-order valence-electron chi connectivity index (χ1n) is 11.9. The third-order valence-corrected chi connectivity index (χ3v) is 5.90. The molecule has 0 aliphatic rings. The summed E-state index contributed by atoms with van der Waals surface area (Å²) in [6, 6.07) is 0. The predicted molar refractivity (Wildman–Crippen MR) is 112 cm³/mol. The van der Waals surface area contributed by atoms with E-state index < -0.39 is 5.97 Å². The zero-order valence-electron chi connectivity index (χ0n) is 18.2. The van der Waals surface area contributed by atoms with E-state index in [0.29, 0.717) is 5.92 Å². The number of carboxylic acids is 1. The smallest absolute Gasteiger partial charge is 0.0445 e. The maximum absolute atomic E-state index is 11.4. The molecule has 0 rings (SSSR count). The summed E-state index contributed by atoms with van der Waals surface area (Å²) in [5.41, 5.74) is 0. The van der Waals surface area contributed by atoms with E-state index >= 15 is 0 Å². The molecule has 26 heavy (non-hydrogen) atoms. The zero-order chi connectivity index (χ0) is 19.5. The van der Waals surface area contributed by atoms with Crippen LogP contribution < -0.4 is 5.11 Å². The molecule has 0 saturated carbocycles. The highest BCUT2D eigenvalue weighted by Crippen LogP contribution is 2.25. The largest absolute Gasteiger partial charge is 0.550 e. The lowest BCUT2D eigenvalue weighted by atomic mass is 9.86. The minimum Gasteiger partial charge on any atom is -0.550 e. The lowest BCUT2D eigenvalue weighted by Crippen LogP contribution is -2.32. The lowest BCUT2D eigenvalue weighted by molar-refractivity contribution is -0.312. The summed E-state index contributed by atoms with van der Waals surface area (Å²) in [6.45, 7) is 6.66. The fourth-order valence-electron chi connectivity index (χ4n) is 3.95. The van der Waals surface area contributed by atoms with Gasteiger partial charge in [0.2, 0.25) is 0 Å². The highest BCUT2D eigenvalue weighted by atomic mass is 16.4. The molecule has 0 aromatic rings. The molecule has 2 nitrogen and oxygen atoms in total. The lowest BCUT2D eigenvalue weighted by Gasteiger charge is -2.23. The van der Waals surface area contributed by atoms with Crippen LogP contribution in [0.2, 0.25) is 0 Å². The average molecular weight is 368 g/mol. The summed E-state index contributed by atoms with van der Waals surface area (Å²) in [6.07, 6.45) is 22.3. The Kier molecular flexibility index (Phi) is 18.8. The fraction of sp³-hybridized carbons (Fsp3) is 0.958. The number of rotatable bonds is 20. The van der Waals surface area contributed by atoms with Crippen molar-refractivity contribution < 1.29 is 9.90 Å². The van der Waals surface area contributed by atoms with Crippen LogP contribution in [0.5, 0.6) is 0 Å². The molecule has 0 bridgehead atoms. The molecule has 2 unspecified atom stereocenters. The van der Waals surface area contributed by atoms with Gasteiger partial charge in [-0.15, -0.1) is 0 Å². The molecule has 0 radical (unpaired) electrons. The third-order valence-electron chi connectivity index (χ3n) is 5.90. The van der Waals surface area contributed by atoms with Crippen LogP contribution in [0, 0.1) is 11.8 Å². The normalized spacial score (nSPS) is 13.7. The van der Waals surface area contributed by atoms with Gasteiger partial charge in [0.15, 0.2) is 0 Å². The van der Waals surface area contributed by atoms with Gasteiger partial charge in [-0.05, 0) is 24.7 Å². The molecule has 0 aliphatic heterocycles. The minimum atomic E-state index is -0.817. The average Bonchev–Trinajstić information content (AvgIpc) is 2.64.